The Morgan fingerprint density at radius 1 is 0.682 bits per heavy atom. The third-order valence-corrected chi connectivity index (χ3v) is 3.59. The van der Waals surface area contributed by atoms with Crippen LogP contribution in [0, 0.1) is 0 Å². The summed E-state index contributed by atoms with van der Waals surface area (Å²) in [5.41, 5.74) is 1.81. The Balaban J connectivity index is 1.93. The van der Waals surface area contributed by atoms with E-state index in [1.54, 1.807) is 0 Å². The number of ether oxygens (including phenoxy) is 2. The van der Waals surface area contributed by atoms with Crippen molar-refractivity contribution in [3.63, 3.8) is 0 Å². The molecule has 0 aliphatic carbocycles. The highest BCUT2D eigenvalue weighted by Gasteiger charge is 2.44. The summed E-state index contributed by atoms with van der Waals surface area (Å²) in [5.74, 6) is -3.67. The fourth-order valence-corrected chi connectivity index (χ4v) is 1.86. The van der Waals surface area contributed by atoms with Gasteiger partial charge in [-0.15, -0.1) is 0 Å². The van der Waals surface area contributed by atoms with Gasteiger partial charge in [0.15, 0.2) is 0 Å². The molecule has 2 N–H and O–H groups in total. The Hall–Kier alpha value is -1.72. The monoisotopic (exact) mass is 302 g/mol. The number of hydrogen-bond acceptors (Lipinski definition) is 4. The lowest BCUT2D eigenvalue weighted by atomic mass is 10.1. The molecule has 0 saturated heterocycles. The van der Waals surface area contributed by atoms with E-state index in [-0.39, 0.29) is 13.2 Å². The van der Waals surface area contributed by atoms with Gasteiger partial charge in [0.05, 0.1) is 13.2 Å². The van der Waals surface area contributed by atoms with Crippen LogP contribution < -0.4 is 0 Å². The molecule has 0 aliphatic heterocycles. The van der Waals surface area contributed by atoms with Gasteiger partial charge in [-0.2, -0.15) is 0 Å². The summed E-state index contributed by atoms with van der Waals surface area (Å²) in [5, 5.41) is 20.8. The largest absolute Gasteiger partial charge is 0.362 e. The van der Waals surface area contributed by atoms with Crippen molar-refractivity contribution in [2.24, 2.45) is 0 Å². The Labute approximate surface area is 130 Å². The van der Waals surface area contributed by atoms with Crippen LogP contribution in [0.5, 0.6) is 0 Å². The summed E-state index contributed by atoms with van der Waals surface area (Å²) < 4.78 is 10.9. The minimum absolute atomic E-state index is 0.179. The van der Waals surface area contributed by atoms with Crippen LogP contribution in [-0.2, 0) is 22.7 Å². The minimum Gasteiger partial charge on any atom is -0.362 e. The van der Waals surface area contributed by atoms with Crippen LogP contribution in [0.25, 0.3) is 0 Å². The van der Waals surface area contributed by atoms with E-state index >= 15 is 0 Å². The Bertz CT molecular complexity index is 511. The molecule has 2 atom stereocenters. The van der Waals surface area contributed by atoms with Crippen LogP contribution in [-0.4, -0.2) is 21.8 Å². The summed E-state index contributed by atoms with van der Waals surface area (Å²) in [6.07, 6.45) is 0. The molecule has 2 aromatic rings. The lowest BCUT2D eigenvalue weighted by Crippen LogP contribution is -2.53. The van der Waals surface area contributed by atoms with Crippen LogP contribution >= 0.6 is 0 Å². The smallest absolute Gasteiger partial charge is 0.218 e. The molecule has 118 valence electrons. The average molecular weight is 302 g/mol. The highest BCUT2D eigenvalue weighted by Crippen LogP contribution is 2.27. The first-order valence-corrected chi connectivity index (χ1v) is 7.21. The van der Waals surface area contributed by atoms with Crippen LogP contribution in [0.1, 0.15) is 25.0 Å². The molecule has 0 amide bonds. The van der Waals surface area contributed by atoms with Gasteiger partial charge in [0.25, 0.3) is 0 Å². The van der Waals surface area contributed by atoms with Gasteiger partial charge in [-0.05, 0) is 25.0 Å². The zero-order chi connectivity index (χ0) is 16.1. The highest BCUT2D eigenvalue weighted by atomic mass is 16.7. The zero-order valence-corrected chi connectivity index (χ0v) is 12.9. The molecule has 22 heavy (non-hydrogen) atoms. The van der Waals surface area contributed by atoms with Gasteiger partial charge < -0.3 is 19.7 Å². The highest BCUT2D eigenvalue weighted by molar-refractivity contribution is 5.14. The van der Waals surface area contributed by atoms with E-state index in [0.717, 1.165) is 11.1 Å². The van der Waals surface area contributed by atoms with Crippen molar-refractivity contribution in [3.05, 3.63) is 71.8 Å². The normalized spacial score (nSPS) is 16.7. The van der Waals surface area contributed by atoms with Crippen molar-refractivity contribution < 1.29 is 19.7 Å². The molecular formula is C18H22O4. The number of benzene rings is 2. The van der Waals surface area contributed by atoms with Gasteiger partial charge in [-0.25, -0.2) is 0 Å². The zero-order valence-electron chi connectivity index (χ0n) is 12.9. The lowest BCUT2D eigenvalue weighted by Gasteiger charge is -2.37. The van der Waals surface area contributed by atoms with Gasteiger partial charge in [0.2, 0.25) is 11.6 Å². The molecule has 4 heteroatoms. The number of hydrogen-bond donors (Lipinski definition) is 2. The van der Waals surface area contributed by atoms with Crippen molar-refractivity contribution >= 4 is 0 Å². The maximum atomic E-state index is 10.4. The van der Waals surface area contributed by atoms with E-state index in [2.05, 4.69) is 0 Å². The molecule has 0 aromatic heterocycles. The first kappa shape index (κ1) is 16.6. The van der Waals surface area contributed by atoms with Crippen molar-refractivity contribution in [3.8, 4) is 0 Å². The third kappa shape index (κ3) is 4.39. The van der Waals surface area contributed by atoms with E-state index in [9.17, 15) is 10.2 Å². The SMILES string of the molecule is C[C@@](O)(OCc1ccccc1)[C@](C)(O)OCc1ccccc1. The molecular weight excluding hydrogens is 280 g/mol. The average Bonchev–Trinajstić information content (AvgIpc) is 2.53. The van der Waals surface area contributed by atoms with Gasteiger partial charge >= 0.3 is 0 Å². The molecule has 0 saturated carbocycles. The van der Waals surface area contributed by atoms with Crippen molar-refractivity contribution in [2.75, 3.05) is 0 Å². The van der Waals surface area contributed by atoms with Crippen LogP contribution in [0.4, 0.5) is 0 Å². The molecule has 2 rings (SSSR count). The molecule has 0 bridgehead atoms. The first-order valence-electron chi connectivity index (χ1n) is 7.21. The number of aliphatic hydroxyl groups is 2. The Morgan fingerprint density at radius 2 is 1.00 bits per heavy atom. The molecule has 0 spiro atoms. The van der Waals surface area contributed by atoms with Crippen LogP contribution in [0.15, 0.2) is 60.7 Å². The molecule has 4 nitrogen and oxygen atoms in total. The van der Waals surface area contributed by atoms with Crippen molar-refractivity contribution in [2.45, 2.75) is 38.6 Å². The van der Waals surface area contributed by atoms with Gasteiger partial charge in [-0.1, -0.05) is 60.7 Å². The van der Waals surface area contributed by atoms with Gasteiger partial charge in [0, 0.05) is 0 Å². The molecule has 0 heterocycles. The summed E-state index contributed by atoms with van der Waals surface area (Å²) in [7, 11) is 0. The Kier molecular flexibility index (Phi) is 5.32. The van der Waals surface area contributed by atoms with Crippen molar-refractivity contribution in [1.29, 1.82) is 0 Å². The number of rotatable bonds is 7. The second-order valence-corrected chi connectivity index (χ2v) is 5.51. The second kappa shape index (κ2) is 7.03. The molecule has 0 fully saturated rings. The lowest BCUT2D eigenvalue weighted by molar-refractivity contribution is -0.377. The van der Waals surface area contributed by atoms with Crippen LogP contribution in [0.2, 0.25) is 0 Å². The van der Waals surface area contributed by atoms with E-state index in [4.69, 9.17) is 9.47 Å². The van der Waals surface area contributed by atoms with Gasteiger partial charge in [0.1, 0.15) is 0 Å². The maximum Gasteiger partial charge on any atom is 0.218 e. The summed E-state index contributed by atoms with van der Waals surface area (Å²) in [6, 6.07) is 18.9. The van der Waals surface area contributed by atoms with E-state index in [1.165, 1.54) is 13.8 Å². The fourth-order valence-electron chi connectivity index (χ4n) is 1.86. The van der Waals surface area contributed by atoms with Crippen LogP contribution in [0.3, 0.4) is 0 Å². The minimum atomic E-state index is -1.84. The molecule has 0 radical (unpaired) electrons. The summed E-state index contributed by atoms with van der Waals surface area (Å²) in [4.78, 5) is 0. The van der Waals surface area contributed by atoms with Crippen molar-refractivity contribution in [1.82, 2.24) is 0 Å². The molecule has 2 aromatic carbocycles. The summed E-state index contributed by atoms with van der Waals surface area (Å²) >= 11 is 0. The third-order valence-electron chi connectivity index (χ3n) is 3.59. The topological polar surface area (TPSA) is 58.9 Å². The molecule has 0 unspecified atom stereocenters. The van der Waals surface area contributed by atoms with E-state index < -0.39 is 11.6 Å². The maximum absolute atomic E-state index is 10.4. The summed E-state index contributed by atoms with van der Waals surface area (Å²) in [6.45, 7) is 3.14. The first-order chi connectivity index (χ1) is 10.4. The van der Waals surface area contributed by atoms with Gasteiger partial charge in [-0.3, -0.25) is 0 Å². The van der Waals surface area contributed by atoms with E-state index in [0.29, 0.717) is 0 Å². The predicted octanol–water partition coefficient (Wildman–Crippen LogP) is 2.84. The molecule has 0 aliphatic rings. The second-order valence-electron chi connectivity index (χ2n) is 5.51. The fraction of sp³-hybridized carbons (Fsp3) is 0.333. The quantitative estimate of drug-likeness (QED) is 0.772. The standard InChI is InChI=1S/C18H22O4/c1-17(19,21-13-15-9-5-3-6-10-15)18(2,20)22-14-16-11-7-4-8-12-16/h3-12,19-20H,13-14H2,1-2H3/t17-,18-/m1/s1. The Morgan fingerprint density at radius 3 is 1.32 bits per heavy atom. The predicted molar refractivity (Wildman–Crippen MR) is 83.7 cm³/mol. The van der Waals surface area contributed by atoms with E-state index in [1.807, 2.05) is 60.7 Å².